The van der Waals surface area contributed by atoms with Gasteiger partial charge in [-0.3, -0.25) is 4.55 Å². The van der Waals surface area contributed by atoms with E-state index in [1.165, 1.54) is 0 Å². The minimum Gasteiger partial charge on any atom is -0.327 e. The first-order valence-electron chi connectivity index (χ1n) is 8.47. The van der Waals surface area contributed by atoms with Gasteiger partial charge in [0, 0.05) is 13.5 Å². The van der Waals surface area contributed by atoms with Crippen molar-refractivity contribution < 1.29 is 101 Å². The summed E-state index contributed by atoms with van der Waals surface area (Å²) in [6, 6.07) is 0. The third-order valence-corrected chi connectivity index (χ3v) is 5.07. The van der Waals surface area contributed by atoms with Crippen LogP contribution >= 0.6 is 0 Å². The van der Waals surface area contributed by atoms with Gasteiger partial charge in [0.15, 0.2) is 0 Å². The molecule has 0 rings (SSSR count). The van der Waals surface area contributed by atoms with Crippen LogP contribution in [-0.4, -0.2) is 78.1 Å². The number of rotatable bonds is 11. The summed E-state index contributed by atoms with van der Waals surface area (Å²) in [6.07, 6.45) is 1.65. The van der Waals surface area contributed by atoms with E-state index in [0.717, 1.165) is 0 Å². The van der Waals surface area contributed by atoms with E-state index in [1.54, 1.807) is 6.08 Å². The summed E-state index contributed by atoms with van der Waals surface area (Å²) in [5, 5.41) is -8.01. The number of hydrogen-bond acceptors (Lipinski definition) is 3. The highest BCUT2D eigenvalue weighted by molar-refractivity contribution is 7.87. The molecule has 0 atom stereocenters. The third-order valence-electron chi connectivity index (χ3n) is 4.17. The maximum atomic E-state index is 13.4. The lowest BCUT2D eigenvalue weighted by Crippen LogP contribution is -2.77. The van der Waals surface area contributed by atoms with Gasteiger partial charge in [0.05, 0.1) is 0 Å². The topological polar surface area (TPSA) is 80.4 Å². The second-order valence-corrected chi connectivity index (χ2v) is 8.46. The van der Waals surface area contributed by atoms with Crippen LogP contribution in [-0.2, 0) is 10.1 Å². The molecule has 0 aliphatic rings. The Morgan fingerprint density at radius 2 is 0.744 bits per heavy atom. The molecular weight excluding hydrogens is 642 g/mol. The molecular formula is C14H11F20NO3S. The fourth-order valence-electron chi connectivity index (χ4n) is 1.80. The van der Waals surface area contributed by atoms with Crippen LogP contribution in [0.3, 0.4) is 0 Å². The Hall–Kier alpha value is -1.79. The van der Waals surface area contributed by atoms with Crippen molar-refractivity contribution in [3.63, 3.8) is 0 Å². The zero-order chi connectivity index (χ0) is 32.9. The highest BCUT2D eigenvalue weighted by atomic mass is 32.2. The minimum absolute atomic E-state index is 0.583. The number of halogens is 20. The fraction of sp³-hybridized carbons (Fsp3) is 0.857. The van der Waals surface area contributed by atoms with Crippen molar-refractivity contribution in [1.29, 1.82) is 0 Å². The lowest BCUT2D eigenvalue weighted by atomic mass is 9.86. The quantitative estimate of drug-likeness (QED) is 0.155. The fourth-order valence-corrected chi connectivity index (χ4v) is 2.26. The Balaban J connectivity index is 0. The molecule has 0 aliphatic heterocycles. The first kappa shape index (κ1) is 39.4. The molecule has 0 saturated heterocycles. The van der Waals surface area contributed by atoms with Gasteiger partial charge in [-0.15, -0.1) is 6.58 Å². The average molecular weight is 653 g/mol. The second-order valence-electron chi connectivity index (χ2n) is 7.00. The summed E-state index contributed by atoms with van der Waals surface area (Å²) in [5.41, 5.74) is 4.91. The molecule has 4 nitrogen and oxygen atoms in total. The van der Waals surface area contributed by atoms with Gasteiger partial charge in [-0.25, -0.2) is 0 Å². The van der Waals surface area contributed by atoms with Crippen LogP contribution in [0.25, 0.3) is 0 Å². The van der Waals surface area contributed by atoms with Gasteiger partial charge in [0.1, 0.15) is 0 Å². The SMILES string of the molecule is C=CCN.CC(F)(F)C(F)(F)C(F)(F)C(F)(F)C(F)(F)C(F)(F)C(F)(F)C(F)(F)C(F)(F)C(F)(F)S(=O)(=O)O. The van der Waals surface area contributed by atoms with Gasteiger partial charge in [-0.2, -0.15) is 96.2 Å². The van der Waals surface area contributed by atoms with Crippen molar-refractivity contribution in [2.45, 2.75) is 65.5 Å². The first-order chi connectivity index (χ1) is 16.4. The van der Waals surface area contributed by atoms with Crippen LogP contribution in [0, 0.1) is 0 Å². The maximum Gasteiger partial charge on any atom is 0.438 e. The van der Waals surface area contributed by atoms with Crippen LogP contribution in [0.5, 0.6) is 0 Å². The van der Waals surface area contributed by atoms with E-state index in [4.69, 9.17) is 10.3 Å². The van der Waals surface area contributed by atoms with Gasteiger partial charge in [-0.05, 0) is 0 Å². The normalized spacial score (nSPS) is 16.0. The molecule has 25 heteroatoms. The Bertz CT molecular complexity index is 984. The summed E-state index contributed by atoms with van der Waals surface area (Å²) in [7, 11) is -8.05. The van der Waals surface area contributed by atoms with Gasteiger partial charge in [-0.1, -0.05) is 6.08 Å². The molecule has 39 heavy (non-hydrogen) atoms. The van der Waals surface area contributed by atoms with Crippen molar-refractivity contribution in [2.24, 2.45) is 5.73 Å². The molecule has 0 amide bonds. The summed E-state index contributed by atoms with van der Waals surface area (Å²) in [6.45, 7) is 2.50. The van der Waals surface area contributed by atoms with E-state index < -0.39 is 75.6 Å². The average Bonchev–Trinajstić information content (AvgIpc) is 2.70. The van der Waals surface area contributed by atoms with Crippen LogP contribution in [0.2, 0.25) is 0 Å². The van der Waals surface area contributed by atoms with Gasteiger partial charge < -0.3 is 5.73 Å². The molecule has 0 saturated carbocycles. The zero-order valence-electron chi connectivity index (χ0n) is 17.8. The third kappa shape index (κ3) is 5.32. The minimum atomic E-state index is -9.26. The highest BCUT2D eigenvalue weighted by Crippen LogP contribution is 2.66. The number of hydrogen-bond donors (Lipinski definition) is 2. The van der Waals surface area contributed by atoms with Crippen LogP contribution in [0.1, 0.15) is 6.92 Å². The van der Waals surface area contributed by atoms with E-state index in [9.17, 15) is 96.2 Å². The molecule has 0 radical (unpaired) electrons. The van der Waals surface area contributed by atoms with E-state index in [1.807, 2.05) is 0 Å². The Kier molecular flexibility index (Phi) is 10.3. The monoisotopic (exact) mass is 653 g/mol. The van der Waals surface area contributed by atoms with Gasteiger partial charge in [0.2, 0.25) is 0 Å². The Labute approximate surface area is 202 Å². The van der Waals surface area contributed by atoms with E-state index >= 15 is 0 Å². The lowest BCUT2D eigenvalue weighted by Gasteiger charge is -2.44. The molecule has 0 heterocycles. The van der Waals surface area contributed by atoms with Crippen molar-refractivity contribution in [3.05, 3.63) is 12.7 Å². The molecule has 0 aromatic heterocycles. The predicted molar refractivity (Wildman–Crippen MR) is 85.9 cm³/mol. The molecule has 0 spiro atoms. The molecule has 0 fully saturated rings. The van der Waals surface area contributed by atoms with E-state index in [-0.39, 0.29) is 0 Å². The van der Waals surface area contributed by atoms with Crippen molar-refractivity contribution in [2.75, 3.05) is 6.54 Å². The van der Waals surface area contributed by atoms with Crippen LogP contribution in [0.15, 0.2) is 12.7 Å². The molecule has 0 aromatic rings. The first-order valence-corrected chi connectivity index (χ1v) is 9.91. The Morgan fingerprint density at radius 3 is 0.897 bits per heavy atom. The second kappa shape index (κ2) is 10.2. The zero-order valence-corrected chi connectivity index (χ0v) is 18.6. The van der Waals surface area contributed by atoms with Gasteiger partial charge >= 0.3 is 68.7 Å². The van der Waals surface area contributed by atoms with Crippen LogP contribution < -0.4 is 5.73 Å². The van der Waals surface area contributed by atoms with Crippen molar-refractivity contribution in [3.8, 4) is 0 Å². The molecule has 3 N–H and O–H groups in total. The van der Waals surface area contributed by atoms with E-state index in [2.05, 4.69) is 6.58 Å². The lowest BCUT2D eigenvalue weighted by molar-refractivity contribution is -0.465. The molecule has 0 unspecified atom stereocenters. The number of alkyl halides is 20. The molecule has 0 aliphatic carbocycles. The van der Waals surface area contributed by atoms with E-state index in [0.29, 0.717) is 6.54 Å². The van der Waals surface area contributed by atoms with Crippen molar-refractivity contribution >= 4 is 10.1 Å². The summed E-state index contributed by atoms with van der Waals surface area (Å²) in [5.74, 6) is -77.4. The van der Waals surface area contributed by atoms with Crippen molar-refractivity contribution in [1.82, 2.24) is 0 Å². The Morgan fingerprint density at radius 1 is 0.564 bits per heavy atom. The van der Waals surface area contributed by atoms with Crippen LogP contribution in [0.4, 0.5) is 87.8 Å². The summed E-state index contributed by atoms with van der Waals surface area (Å²) in [4.78, 5) is 0. The van der Waals surface area contributed by atoms with Gasteiger partial charge in [0.25, 0.3) is 0 Å². The summed E-state index contributed by atoms with van der Waals surface area (Å²) >= 11 is 0. The maximum absolute atomic E-state index is 13.4. The largest absolute Gasteiger partial charge is 0.438 e. The smallest absolute Gasteiger partial charge is 0.327 e. The number of nitrogens with two attached hydrogens (primary N) is 1. The molecule has 0 bridgehead atoms. The predicted octanol–water partition coefficient (Wildman–Crippen LogP) is 6.34. The highest BCUT2D eigenvalue weighted by Gasteiger charge is 2.98. The molecule has 0 aromatic carbocycles. The molecule has 236 valence electrons. The summed E-state index contributed by atoms with van der Waals surface area (Å²) < 4.78 is 290. The standard InChI is InChI=1S/C11H4F20O3S.C3H7N/c1-2(12,13)3(14,15)4(16,17)5(18,19)6(20,21)7(22,23)8(24,25)9(26,27)10(28,29)11(30,31)35(32,33)34;1-2-3-4/h1H3,(H,32,33,34);2H,1,3-4H2.